The fraction of sp³-hybridized carbons (Fsp3) is 0.333. The number of alkyl halides is 3. The molecule has 2 amide bonds. The second-order valence-corrected chi connectivity index (χ2v) is 5.93. The molecule has 146 valence electrons. The van der Waals surface area contributed by atoms with E-state index >= 15 is 0 Å². The molecular formula is C18H19F3N2O4. The average Bonchev–Trinajstić information content (AvgIpc) is 2.92. The lowest BCUT2D eigenvalue weighted by Crippen LogP contribution is -2.36. The summed E-state index contributed by atoms with van der Waals surface area (Å²) in [6, 6.07) is 6.03. The summed E-state index contributed by atoms with van der Waals surface area (Å²) >= 11 is 0. The molecule has 1 heterocycles. The van der Waals surface area contributed by atoms with Crippen LogP contribution in [-0.2, 0) is 15.8 Å². The van der Waals surface area contributed by atoms with Crippen molar-refractivity contribution in [2.45, 2.75) is 32.5 Å². The Morgan fingerprint density at radius 3 is 2.44 bits per heavy atom. The Bertz CT molecular complexity index is 830. The topological polar surface area (TPSA) is 91.6 Å². The molecule has 1 aromatic heterocycles. The Labute approximate surface area is 153 Å². The maximum absolute atomic E-state index is 12.9. The number of amides is 2. The molecule has 0 spiro atoms. The first-order valence-electron chi connectivity index (χ1n) is 8.10. The lowest BCUT2D eigenvalue weighted by atomic mass is 10.1. The third-order valence-corrected chi connectivity index (χ3v) is 3.83. The number of carbonyl (C=O) groups is 2. The fourth-order valence-electron chi connectivity index (χ4n) is 2.56. The van der Waals surface area contributed by atoms with Crippen LogP contribution in [0.2, 0.25) is 0 Å². The molecule has 6 nitrogen and oxygen atoms in total. The molecule has 0 saturated heterocycles. The number of carbonyl (C=O) groups excluding carboxylic acids is 2. The van der Waals surface area contributed by atoms with E-state index < -0.39 is 35.3 Å². The van der Waals surface area contributed by atoms with Gasteiger partial charge in [0, 0.05) is 12.1 Å². The highest BCUT2D eigenvalue weighted by molar-refractivity contribution is 6.39. The summed E-state index contributed by atoms with van der Waals surface area (Å²) in [5, 5.41) is 14.3. The minimum absolute atomic E-state index is 0.0436. The van der Waals surface area contributed by atoms with Crippen molar-refractivity contribution >= 4 is 17.5 Å². The normalized spacial score (nSPS) is 12.5. The number of furan rings is 1. The van der Waals surface area contributed by atoms with Crippen LogP contribution in [0.5, 0.6) is 0 Å². The van der Waals surface area contributed by atoms with Crippen LogP contribution in [0.15, 0.2) is 34.7 Å². The average molecular weight is 384 g/mol. The van der Waals surface area contributed by atoms with Crippen LogP contribution >= 0.6 is 0 Å². The van der Waals surface area contributed by atoms with E-state index in [-0.39, 0.29) is 13.0 Å². The van der Waals surface area contributed by atoms with E-state index in [4.69, 9.17) is 4.42 Å². The number of nitrogens with one attached hydrogen (secondary N) is 2. The summed E-state index contributed by atoms with van der Waals surface area (Å²) in [6.07, 6.45) is -5.46. The first kappa shape index (κ1) is 20.5. The molecule has 1 atom stereocenters. The molecule has 0 fully saturated rings. The number of halogens is 3. The molecule has 0 radical (unpaired) electrons. The van der Waals surface area contributed by atoms with Crippen LogP contribution in [0.25, 0.3) is 0 Å². The predicted molar refractivity (Wildman–Crippen MR) is 90.8 cm³/mol. The van der Waals surface area contributed by atoms with Crippen molar-refractivity contribution in [1.29, 1.82) is 0 Å². The van der Waals surface area contributed by atoms with Gasteiger partial charge in [0.15, 0.2) is 0 Å². The number of anilines is 1. The SMILES string of the molecule is Cc1cc(C(O)CCNC(=O)C(=O)Nc2ccccc2C(F)(F)F)c(C)o1. The zero-order valence-corrected chi connectivity index (χ0v) is 14.7. The number of hydrogen-bond acceptors (Lipinski definition) is 4. The van der Waals surface area contributed by atoms with Gasteiger partial charge in [-0.1, -0.05) is 12.1 Å². The van der Waals surface area contributed by atoms with Crippen LogP contribution in [0, 0.1) is 13.8 Å². The number of hydrogen-bond donors (Lipinski definition) is 3. The van der Waals surface area contributed by atoms with E-state index in [2.05, 4.69) is 5.32 Å². The lowest BCUT2D eigenvalue weighted by Gasteiger charge is -2.14. The van der Waals surface area contributed by atoms with Crippen molar-refractivity contribution in [1.82, 2.24) is 5.32 Å². The Balaban J connectivity index is 1.90. The van der Waals surface area contributed by atoms with Crippen molar-refractivity contribution in [2.75, 3.05) is 11.9 Å². The van der Waals surface area contributed by atoms with Crippen LogP contribution < -0.4 is 10.6 Å². The van der Waals surface area contributed by atoms with Crippen LogP contribution in [0.4, 0.5) is 18.9 Å². The van der Waals surface area contributed by atoms with Crippen LogP contribution in [0.1, 0.15) is 35.2 Å². The maximum Gasteiger partial charge on any atom is 0.418 e. The van der Waals surface area contributed by atoms with Gasteiger partial charge in [-0.2, -0.15) is 13.2 Å². The monoisotopic (exact) mass is 384 g/mol. The van der Waals surface area contributed by atoms with Gasteiger partial charge in [0.2, 0.25) is 0 Å². The molecule has 0 aliphatic rings. The Morgan fingerprint density at radius 2 is 1.85 bits per heavy atom. The van der Waals surface area contributed by atoms with Gasteiger partial charge >= 0.3 is 18.0 Å². The zero-order valence-electron chi connectivity index (χ0n) is 14.7. The van der Waals surface area contributed by atoms with Crippen molar-refractivity contribution in [3.63, 3.8) is 0 Å². The van der Waals surface area contributed by atoms with Crippen molar-refractivity contribution < 1.29 is 32.3 Å². The highest BCUT2D eigenvalue weighted by Crippen LogP contribution is 2.34. The number of aliphatic hydroxyl groups is 1. The second kappa shape index (κ2) is 8.26. The minimum atomic E-state index is -4.66. The van der Waals surface area contributed by atoms with Crippen LogP contribution in [0.3, 0.4) is 0 Å². The molecule has 0 aliphatic heterocycles. The Kier molecular flexibility index (Phi) is 6.27. The van der Waals surface area contributed by atoms with E-state index in [0.717, 1.165) is 12.1 Å². The van der Waals surface area contributed by atoms with Crippen LogP contribution in [-0.4, -0.2) is 23.5 Å². The zero-order chi connectivity index (χ0) is 20.2. The number of benzene rings is 1. The van der Waals surface area contributed by atoms with E-state index in [1.54, 1.807) is 19.9 Å². The second-order valence-electron chi connectivity index (χ2n) is 5.93. The molecule has 9 heteroatoms. The van der Waals surface area contributed by atoms with Gasteiger partial charge in [0.25, 0.3) is 0 Å². The number of para-hydroxylation sites is 1. The summed E-state index contributed by atoms with van der Waals surface area (Å²) < 4.78 is 44.0. The van der Waals surface area contributed by atoms with E-state index in [1.807, 2.05) is 5.32 Å². The summed E-state index contributed by atoms with van der Waals surface area (Å²) in [6.45, 7) is 3.38. The molecule has 1 aromatic carbocycles. The van der Waals surface area contributed by atoms with Gasteiger partial charge in [-0.15, -0.1) is 0 Å². The van der Waals surface area contributed by atoms with Gasteiger partial charge in [-0.25, -0.2) is 0 Å². The van der Waals surface area contributed by atoms with Crippen molar-refractivity contribution in [3.05, 3.63) is 53.0 Å². The predicted octanol–water partition coefficient (Wildman–Crippen LogP) is 3.09. The number of rotatable bonds is 5. The molecule has 2 rings (SSSR count). The molecule has 0 bridgehead atoms. The summed E-state index contributed by atoms with van der Waals surface area (Å²) in [5.74, 6) is -1.14. The third kappa shape index (κ3) is 5.33. The molecule has 1 unspecified atom stereocenters. The maximum atomic E-state index is 12.9. The van der Waals surface area contributed by atoms with E-state index in [1.165, 1.54) is 12.1 Å². The molecule has 2 aromatic rings. The first-order valence-corrected chi connectivity index (χ1v) is 8.10. The quantitative estimate of drug-likeness (QED) is 0.691. The van der Waals surface area contributed by atoms with Crippen molar-refractivity contribution in [3.8, 4) is 0 Å². The largest absolute Gasteiger partial charge is 0.466 e. The molecule has 27 heavy (non-hydrogen) atoms. The standard InChI is InChI=1S/C18H19F3N2O4/c1-10-9-12(11(2)27-10)15(24)7-8-22-16(25)17(26)23-14-6-4-3-5-13(14)18(19,20)21/h3-6,9,15,24H,7-8H2,1-2H3,(H,22,25)(H,23,26). The smallest absolute Gasteiger partial charge is 0.418 e. The highest BCUT2D eigenvalue weighted by atomic mass is 19.4. The fourth-order valence-corrected chi connectivity index (χ4v) is 2.56. The van der Waals surface area contributed by atoms with Gasteiger partial charge < -0.3 is 20.2 Å². The molecule has 0 aliphatic carbocycles. The van der Waals surface area contributed by atoms with Crippen molar-refractivity contribution in [2.24, 2.45) is 0 Å². The Morgan fingerprint density at radius 1 is 1.19 bits per heavy atom. The van der Waals surface area contributed by atoms with E-state index in [0.29, 0.717) is 17.1 Å². The van der Waals surface area contributed by atoms with Gasteiger partial charge in [0.1, 0.15) is 11.5 Å². The van der Waals surface area contributed by atoms with Gasteiger partial charge in [0.05, 0.1) is 17.4 Å². The lowest BCUT2D eigenvalue weighted by molar-refractivity contribution is -0.138. The number of aryl methyl sites for hydroxylation is 2. The number of aliphatic hydroxyl groups excluding tert-OH is 1. The highest BCUT2D eigenvalue weighted by Gasteiger charge is 2.34. The molecule has 3 N–H and O–H groups in total. The summed E-state index contributed by atoms with van der Waals surface area (Å²) in [5.41, 5.74) is -0.979. The molecule has 0 saturated carbocycles. The van der Waals surface area contributed by atoms with Gasteiger partial charge in [-0.3, -0.25) is 9.59 Å². The minimum Gasteiger partial charge on any atom is -0.466 e. The third-order valence-electron chi connectivity index (χ3n) is 3.83. The Hall–Kier alpha value is -2.81. The van der Waals surface area contributed by atoms with Gasteiger partial charge in [-0.05, 0) is 38.5 Å². The first-order chi connectivity index (χ1) is 12.6. The molecular weight excluding hydrogens is 365 g/mol. The van der Waals surface area contributed by atoms with E-state index in [9.17, 15) is 27.9 Å². The summed E-state index contributed by atoms with van der Waals surface area (Å²) in [4.78, 5) is 23.6. The summed E-state index contributed by atoms with van der Waals surface area (Å²) in [7, 11) is 0.